The standard InChI is InChI=1S/C10H14N2O3/c1-7(6-13)4-12-10(15)8-2-3-11-5-9(8)14/h2-3,5,7,13-14H,4,6H2,1H3,(H,12,15). The molecule has 0 spiro atoms. The Morgan fingerprint density at radius 2 is 2.40 bits per heavy atom. The predicted octanol–water partition coefficient (Wildman–Crippen LogP) is 0.145. The van der Waals surface area contributed by atoms with Crippen LogP contribution in [-0.2, 0) is 0 Å². The summed E-state index contributed by atoms with van der Waals surface area (Å²) in [6, 6.07) is 1.44. The lowest BCUT2D eigenvalue weighted by Crippen LogP contribution is -2.29. The van der Waals surface area contributed by atoms with Crippen molar-refractivity contribution in [3.05, 3.63) is 24.0 Å². The van der Waals surface area contributed by atoms with Crippen molar-refractivity contribution < 1.29 is 15.0 Å². The maximum absolute atomic E-state index is 11.5. The minimum Gasteiger partial charge on any atom is -0.505 e. The van der Waals surface area contributed by atoms with Gasteiger partial charge < -0.3 is 15.5 Å². The van der Waals surface area contributed by atoms with Crippen LogP contribution in [0.15, 0.2) is 18.5 Å². The molecule has 82 valence electrons. The summed E-state index contributed by atoms with van der Waals surface area (Å²) in [5.41, 5.74) is 0.190. The first-order valence-corrected chi connectivity index (χ1v) is 4.67. The molecule has 0 fully saturated rings. The highest BCUT2D eigenvalue weighted by Gasteiger charge is 2.10. The van der Waals surface area contributed by atoms with Crippen molar-refractivity contribution in [3.8, 4) is 5.75 Å². The number of aliphatic hydroxyl groups excluding tert-OH is 1. The first-order chi connectivity index (χ1) is 7.15. The van der Waals surface area contributed by atoms with Gasteiger partial charge in [-0.15, -0.1) is 0 Å². The fourth-order valence-electron chi connectivity index (χ4n) is 1.00. The number of amides is 1. The maximum atomic E-state index is 11.5. The minimum atomic E-state index is -0.366. The lowest BCUT2D eigenvalue weighted by molar-refractivity contribution is 0.0939. The molecule has 1 unspecified atom stereocenters. The van der Waals surface area contributed by atoms with Crippen LogP contribution in [0.2, 0.25) is 0 Å². The van der Waals surface area contributed by atoms with E-state index >= 15 is 0 Å². The SMILES string of the molecule is CC(CO)CNC(=O)c1ccncc1O. The van der Waals surface area contributed by atoms with Gasteiger partial charge in [0.15, 0.2) is 0 Å². The van der Waals surface area contributed by atoms with E-state index in [0.717, 1.165) is 0 Å². The quantitative estimate of drug-likeness (QED) is 0.660. The second-order valence-electron chi connectivity index (χ2n) is 3.39. The van der Waals surface area contributed by atoms with Crippen LogP contribution in [0, 0.1) is 5.92 Å². The Morgan fingerprint density at radius 1 is 1.67 bits per heavy atom. The number of aliphatic hydroxyl groups is 1. The van der Waals surface area contributed by atoms with Gasteiger partial charge in [0, 0.05) is 19.3 Å². The molecule has 5 heteroatoms. The summed E-state index contributed by atoms with van der Waals surface area (Å²) in [5.74, 6) is -0.514. The predicted molar refractivity (Wildman–Crippen MR) is 54.5 cm³/mol. The van der Waals surface area contributed by atoms with E-state index < -0.39 is 0 Å². The molecule has 0 bridgehead atoms. The summed E-state index contributed by atoms with van der Waals surface area (Å²) in [6.45, 7) is 2.20. The number of nitrogens with one attached hydrogen (secondary N) is 1. The summed E-state index contributed by atoms with van der Waals surface area (Å²) in [6.07, 6.45) is 2.65. The summed E-state index contributed by atoms with van der Waals surface area (Å²) >= 11 is 0. The molecule has 0 aliphatic heterocycles. The van der Waals surface area contributed by atoms with Gasteiger partial charge in [0.25, 0.3) is 5.91 Å². The molecule has 0 aliphatic rings. The fraction of sp³-hybridized carbons (Fsp3) is 0.400. The van der Waals surface area contributed by atoms with Gasteiger partial charge in [-0.25, -0.2) is 0 Å². The third-order valence-electron chi connectivity index (χ3n) is 1.97. The second kappa shape index (κ2) is 5.31. The van der Waals surface area contributed by atoms with Gasteiger partial charge in [0.2, 0.25) is 0 Å². The van der Waals surface area contributed by atoms with E-state index in [-0.39, 0.29) is 29.7 Å². The van der Waals surface area contributed by atoms with E-state index in [1.807, 2.05) is 6.92 Å². The molecule has 0 aliphatic carbocycles. The Kier molecular flexibility index (Phi) is 4.05. The zero-order valence-corrected chi connectivity index (χ0v) is 8.47. The number of pyridine rings is 1. The number of aromatic nitrogens is 1. The van der Waals surface area contributed by atoms with E-state index in [1.165, 1.54) is 18.5 Å². The van der Waals surface area contributed by atoms with E-state index in [1.54, 1.807) is 0 Å². The van der Waals surface area contributed by atoms with E-state index in [0.29, 0.717) is 6.54 Å². The highest BCUT2D eigenvalue weighted by atomic mass is 16.3. The van der Waals surface area contributed by atoms with Crippen molar-refractivity contribution in [3.63, 3.8) is 0 Å². The van der Waals surface area contributed by atoms with Gasteiger partial charge in [0.1, 0.15) is 5.75 Å². The third kappa shape index (κ3) is 3.21. The number of hydrogen-bond donors (Lipinski definition) is 3. The first-order valence-electron chi connectivity index (χ1n) is 4.67. The van der Waals surface area contributed by atoms with Crippen LogP contribution < -0.4 is 5.32 Å². The van der Waals surface area contributed by atoms with Crippen molar-refractivity contribution in [2.24, 2.45) is 5.92 Å². The van der Waals surface area contributed by atoms with Crippen LogP contribution in [0.5, 0.6) is 5.75 Å². The van der Waals surface area contributed by atoms with Crippen molar-refractivity contribution in [2.45, 2.75) is 6.92 Å². The number of rotatable bonds is 4. The highest BCUT2D eigenvalue weighted by Crippen LogP contribution is 2.13. The van der Waals surface area contributed by atoms with Gasteiger partial charge in [-0.2, -0.15) is 0 Å². The monoisotopic (exact) mass is 210 g/mol. The topological polar surface area (TPSA) is 82.5 Å². The van der Waals surface area contributed by atoms with Crippen molar-refractivity contribution in [1.29, 1.82) is 0 Å². The van der Waals surface area contributed by atoms with E-state index in [4.69, 9.17) is 5.11 Å². The normalized spacial score (nSPS) is 12.1. The largest absolute Gasteiger partial charge is 0.505 e. The molecule has 0 saturated heterocycles. The Balaban J connectivity index is 2.58. The van der Waals surface area contributed by atoms with Gasteiger partial charge >= 0.3 is 0 Å². The van der Waals surface area contributed by atoms with Crippen molar-refractivity contribution in [2.75, 3.05) is 13.2 Å². The molecule has 0 aromatic carbocycles. The molecule has 1 aromatic rings. The number of aromatic hydroxyl groups is 1. The Labute approximate surface area is 87.8 Å². The van der Waals surface area contributed by atoms with Gasteiger partial charge in [-0.05, 0) is 12.0 Å². The van der Waals surface area contributed by atoms with Gasteiger partial charge in [-0.1, -0.05) is 6.92 Å². The molecule has 3 N–H and O–H groups in total. The summed E-state index contributed by atoms with van der Waals surface area (Å²) in [7, 11) is 0. The third-order valence-corrected chi connectivity index (χ3v) is 1.97. The van der Waals surface area contributed by atoms with Gasteiger partial charge in [-0.3, -0.25) is 9.78 Å². The summed E-state index contributed by atoms with van der Waals surface area (Å²) in [5, 5.41) is 20.7. The smallest absolute Gasteiger partial charge is 0.255 e. The Bertz CT molecular complexity index is 341. The number of hydrogen-bond acceptors (Lipinski definition) is 4. The van der Waals surface area contributed by atoms with Crippen molar-refractivity contribution in [1.82, 2.24) is 10.3 Å². The average Bonchev–Trinajstić information content (AvgIpc) is 2.26. The Hall–Kier alpha value is -1.62. The highest BCUT2D eigenvalue weighted by molar-refractivity contribution is 5.96. The molecule has 1 aromatic heterocycles. The minimum absolute atomic E-state index is 0.00192. The summed E-state index contributed by atoms with van der Waals surface area (Å²) in [4.78, 5) is 15.2. The molecule has 15 heavy (non-hydrogen) atoms. The average molecular weight is 210 g/mol. The zero-order chi connectivity index (χ0) is 11.3. The van der Waals surface area contributed by atoms with Crippen LogP contribution in [0.4, 0.5) is 0 Å². The molecular weight excluding hydrogens is 196 g/mol. The number of carbonyl (C=O) groups excluding carboxylic acids is 1. The lowest BCUT2D eigenvalue weighted by atomic mass is 10.2. The molecule has 1 amide bonds. The van der Waals surface area contributed by atoms with Crippen molar-refractivity contribution >= 4 is 5.91 Å². The Morgan fingerprint density at radius 3 is 3.00 bits per heavy atom. The molecule has 1 atom stereocenters. The molecular formula is C10H14N2O3. The maximum Gasteiger partial charge on any atom is 0.255 e. The zero-order valence-electron chi connectivity index (χ0n) is 8.47. The molecule has 0 saturated carbocycles. The van der Waals surface area contributed by atoms with E-state index in [9.17, 15) is 9.90 Å². The fourth-order valence-corrected chi connectivity index (χ4v) is 1.00. The van der Waals surface area contributed by atoms with Crippen LogP contribution in [0.3, 0.4) is 0 Å². The lowest BCUT2D eigenvalue weighted by Gasteiger charge is -2.09. The van der Waals surface area contributed by atoms with Crippen LogP contribution in [0.25, 0.3) is 0 Å². The second-order valence-corrected chi connectivity index (χ2v) is 3.39. The molecule has 1 heterocycles. The van der Waals surface area contributed by atoms with Crippen LogP contribution in [-0.4, -0.2) is 34.3 Å². The van der Waals surface area contributed by atoms with E-state index in [2.05, 4.69) is 10.3 Å². The number of nitrogens with zero attached hydrogens (tertiary/aromatic N) is 1. The molecule has 1 rings (SSSR count). The van der Waals surface area contributed by atoms with Gasteiger partial charge in [0.05, 0.1) is 11.8 Å². The number of carbonyl (C=O) groups is 1. The van der Waals surface area contributed by atoms with Crippen LogP contribution >= 0.6 is 0 Å². The summed E-state index contributed by atoms with van der Waals surface area (Å²) < 4.78 is 0. The first kappa shape index (κ1) is 11.5. The molecule has 0 radical (unpaired) electrons. The van der Waals surface area contributed by atoms with Crippen LogP contribution in [0.1, 0.15) is 17.3 Å². The molecule has 5 nitrogen and oxygen atoms in total.